The van der Waals surface area contributed by atoms with Crippen molar-refractivity contribution in [2.75, 3.05) is 25.2 Å². The highest BCUT2D eigenvalue weighted by Crippen LogP contribution is 2.47. The van der Waals surface area contributed by atoms with E-state index in [1.54, 1.807) is 13.3 Å². The highest BCUT2D eigenvalue weighted by Gasteiger charge is 2.40. The quantitative estimate of drug-likeness (QED) is 0.625. The fourth-order valence-electron chi connectivity index (χ4n) is 4.06. The van der Waals surface area contributed by atoms with Crippen molar-refractivity contribution < 1.29 is 9.47 Å². The standard InChI is InChI=1S/C23H25N5O2/c1-15-25-12-22(28-8-6-16-10-24-7-5-17(16)13-28)23(27-15)30-14-18-9-20(18)21-4-3-19(29-2)11-26-21/h3-5,7,10-12,18,20H,6,8-9,13-14H2,1-2H3/t18-,20?/m1/s1. The van der Waals surface area contributed by atoms with E-state index >= 15 is 0 Å². The lowest BCUT2D eigenvalue weighted by Crippen LogP contribution is -2.31. The zero-order chi connectivity index (χ0) is 20.5. The first-order valence-electron chi connectivity index (χ1n) is 10.3. The van der Waals surface area contributed by atoms with E-state index < -0.39 is 0 Å². The van der Waals surface area contributed by atoms with E-state index in [1.807, 2.05) is 37.6 Å². The van der Waals surface area contributed by atoms with Crippen molar-refractivity contribution in [3.8, 4) is 11.6 Å². The van der Waals surface area contributed by atoms with E-state index in [1.165, 1.54) is 11.1 Å². The van der Waals surface area contributed by atoms with Crippen LogP contribution in [0.4, 0.5) is 5.69 Å². The second-order valence-electron chi connectivity index (χ2n) is 7.96. The van der Waals surface area contributed by atoms with Crippen LogP contribution in [0.2, 0.25) is 0 Å². The summed E-state index contributed by atoms with van der Waals surface area (Å²) in [5.74, 6) is 3.08. The molecule has 7 nitrogen and oxygen atoms in total. The van der Waals surface area contributed by atoms with Gasteiger partial charge in [-0.15, -0.1) is 0 Å². The van der Waals surface area contributed by atoms with Crippen molar-refractivity contribution in [3.63, 3.8) is 0 Å². The summed E-state index contributed by atoms with van der Waals surface area (Å²) in [5.41, 5.74) is 4.68. The SMILES string of the molecule is COc1ccc(C2C[C@@H]2COc2nc(C)ncc2N2CCc3cnccc3C2)nc1. The molecule has 0 amide bonds. The van der Waals surface area contributed by atoms with Crippen molar-refractivity contribution in [2.45, 2.75) is 32.2 Å². The van der Waals surface area contributed by atoms with E-state index in [0.717, 1.165) is 48.9 Å². The molecular formula is C23H25N5O2. The van der Waals surface area contributed by atoms with Gasteiger partial charge in [0, 0.05) is 43.0 Å². The summed E-state index contributed by atoms with van der Waals surface area (Å²) in [6.45, 7) is 4.26. The number of hydrogen-bond donors (Lipinski definition) is 0. The van der Waals surface area contributed by atoms with Crippen LogP contribution >= 0.6 is 0 Å². The molecule has 2 atom stereocenters. The minimum Gasteiger partial charge on any atom is -0.495 e. The van der Waals surface area contributed by atoms with Gasteiger partial charge in [-0.2, -0.15) is 4.98 Å². The Kier molecular flexibility index (Phi) is 4.94. The van der Waals surface area contributed by atoms with Gasteiger partial charge in [-0.05, 0) is 49.1 Å². The van der Waals surface area contributed by atoms with Crippen LogP contribution in [-0.2, 0) is 13.0 Å². The van der Waals surface area contributed by atoms with Crippen molar-refractivity contribution in [1.29, 1.82) is 0 Å². The van der Waals surface area contributed by atoms with Crippen LogP contribution in [0.15, 0.2) is 43.0 Å². The van der Waals surface area contributed by atoms with Crippen LogP contribution in [0, 0.1) is 12.8 Å². The molecule has 0 spiro atoms. The number of aryl methyl sites for hydroxylation is 1. The van der Waals surface area contributed by atoms with Crippen LogP contribution < -0.4 is 14.4 Å². The molecule has 0 aromatic carbocycles. The van der Waals surface area contributed by atoms with Crippen LogP contribution in [-0.4, -0.2) is 40.2 Å². The normalized spacial score (nSPS) is 19.9. The van der Waals surface area contributed by atoms with E-state index in [2.05, 4.69) is 30.9 Å². The Hall–Kier alpha value is -3.22. The minimum atomic E-state index is 0.441. The molecular weight excluding hydrogens is 378 g/mol. The summed E-state index contributed by atoms with van der Waals surface area (Å²) < 4.78 is 11.4. The lowest BCUT2D eigenvalue weighted by Gasteiger charge is -2.31. The summed E-state index contributed by atoms with van der Waals surface area (Å²) in [7, 11) is 1.66. The Morgan fingerprint density at radius 3 is 2.87 bits per heavy atom. The van der Waals surface area contributed by atoms with Crippen molar-refractivity contribution in [2.24, 2.45) is 5.92 Å². The first-order chi connectivity index (χ1) is 14.7. The molecule has 30 heavy (non-hydrogen) atoms. The van der Waals surface area contributed by atoms with Crippen molar-refractivity contribution in [1.82, 2.24) is 19.9 Å². The molecule has 3 aromatic heterocycles. The molecule has 1 unspecified atom stereocenters. The van der Waals surface area contributed by atoms with Crippen LogP contribution in [0.3, 0.4) is 0 Å². The second-order valence-corrected chi connectivity index (χ2v) is 7.96. The predicted molar refractivity (Wildman–Crippen MR) is 113 cm³/mol. The highest BCUT2D eigenvalue weighted by atomic mass is 16.5. The molecule has 2 aliphatic rings. The molecule has 0 saturated heterocycles. The summed E-state index contributed by atoms with van der Waals surface area (Å²) in [6, 6.07) is 6.10. The maximum atomic E-state index is 6.22. The Balaban J connectivity index is 1.27. The van der Waals surface area contributed by atoms with Gasteiger partial charge in [-0.1, -0.05) is 0 Å². The average Bonchev–Trinajstić information content (AvgIpc) is 3.57. The van der Waals surface area contributed by atoms with Crippen LogP contribution in [0.1, 0.15) is 35.0 Å². The molecule has 0 bridgehead atoms. The number of fused-ring (bicyclic) bond motifs is 1. The topological polar surface area (TPSA) is 73.3 Å². The maximum absolute atomic E-state index is 6.22. The Bertz CT molecular complexity index is 1040. The lowest BCUT2D eigenvalue weighted by atomic mass is 10.0. The number of anilines is 1. The van der Waals surface area contributed by atoms with E-state index in [9.17, 15) is 0 Å². The maximum Gasteiger partial charge on any atom is 0.240 e. The molecule has 1 saturated carbocycles. The largest absolute Gasteiger partial charge is 0.495 e. The molecule has 1 aliphatic heterocycles. The van der Waals surface area contributed by atoms with E-state index in [0.29, 0.717) is 24.3 Å². The minimum absolute atomic E-state index is 0.441. The zero-order valence-corrected chi connectivity index (χ0v) is 17.3. The van der Waals surface area contributed by atoms with Crippen LogP contribution in [0.5, 0.6) is 11.6 Å². The Labute approximate surface area is 176 Å². The molecule has 154 valence electrons. The number of hydrogen-bond acceptors (Lipinski definition) is 7. The van der Waals surface area contributed by atoms with Gasteiger partial charge in [0.2, 0.25) is 5.88 Å². The number of methoxy groups -OCH3 is 1. The first kappa shape index (κ1) is 18.8. The highest BCUT2D eigenvalue weighted by molar-refractivity contribution is 5.55. The van der Waals surface area contributed by atoms with Gasteiger partial charge in [0.15, 0.2) is 0 Å². The van der Waals surface area contributed by atoms with Gasteiger partial charge >= 0.3 is 0 Å². The van der Waals surface area contributed by atoms with Gasteiger partial charge in [0.25, 0.3) is 0 Å². The third-order valence-electron chi connectivity index (χ3n) is 5.95. The van der Waals surface area contributed by atoms with Crippen molar-refractivity contribution in [3.05, 3.63) is 65.6 Å². The van der Waals surface area contributed by atoms with Crippen molar-refractivity contribution >= 4 is 5.69 Å². The van der Waals surface area contributed by atoms with Gasteiger partial charge in [0.05, 0.1) is 26.1 Å². The smallest absolute Gasteiger partial charge is 0.240 e. The molecule has 7 heteroatoms. The molecule has 5 rings (SSSR count). The first-order valence-corrected chi connectivity index (χ1v) is 10.3. The third-order valence-corrected chi connectivity index (χ3v) is 5.95. The zero-order valence-electron chi connectivity index (χ0n) is 17.3. The molecule has 1 fully saturated rings. The molecule has 3 aromatic rings. The van der Waals surface area contributed by atoms with Gasteiger partial charge in [-0.3, -0.25) is 9.97 Å². The fraction of sp³-hybridized carbons (Fsp3) is 0.391. The Morgan fingerprint density at radius 1 is 1.10 bits per heavy atom. The summed E-state index contributed by atoms with van der Waals surface area (Å²) in [6.07, 6.45) is 9.54. The van der Waals surface area contributed by atoms with Crippen LogP contribution in [0.25, 0.3) is 0 Å². The summed E-state index contributed by atoms with van der Waals surface area (Å²) in [4.78, 5) is 20.1. The average molecular weight is 403 g/mol. The number of nitrogens with zero attached hydrogens (tertiary/aromatic N) is 5. The fourth-order valence-corrected chi connectivity index (χ4v) is 4.06. The summed E-state index contributed by atoms with van der Waals surface area (Å²) in [5, 5.41) is 0. The van der Waals surface area contributed by atoms with E-state index in [-0.39, 0.29) is 0 Å². The molecule has 0 radical (unpaired) electrons. The second kappa shape index (κ2) is 7.89. The Morgan fingerprint density at radius 2 is 2.03 bits per heavy atom. The number of pyridine rings is 2. The number of ether oxygens (including phenoxy) is 2. The van der Waals surface area contributed by atoms with Gasteiger partial charge in [0.1, 0.15) is 17.3 Å². The molecule has 0 N–H and O–H groups in total. The predicted octanol–water partition coefficient (Wildman–Crippen LogP) is 3.33. The molecule has 1 aliphatic carbocycles. The van der Waals surface area contributed by atoms with Gasteiger partial charge < -0.3 is 14.4 Å². The monoisotopic (exact) mass is 403 g/mol. The lowest BCUT2D eigenvalue weighted by molar-refractivity contribution is 0.284. The number of aromatic nitrogens is 4. The molecule has 4 heterocycles. The summed E-state index contributed by atoms with van der Waals surface area (Å²) >= 11 is 0. The van der Waals surface area contributed by atoms with E-state index in [4.69, 9.17) is 9.47 Å². The van der Waals surface area contributed by atoms with Gasteiger partial charge in [-0.25, -0.2) is 4.98 Å². The number of rotatable bonds is 6. The third kappa shape index (κ3) is 3.79.